The number of hydrogen-bond acceptors (Lipinski definition) is 5. The number of nitrogens with two attached hydrogens (primary N) is 1. The van der Waals surface area contributed by atoms with Crippen LogP contribution in [0.1, 0.15) is 24.5 Å². The molecule has 24 heavy (non-hydrogen) atoms. The van der Waals surface area contributed by atoms with Crippen molar-refractivity contribution in [1.29, 1.82) is 5.41 Å². The van der Waals surface area contributed by atoms with E-state index in [4.69, 9.17) is 27.5 Å². The summed E-state index contributed by atoms with van der Waals surface area (Å²) in [6.45, 7) is 0.926. The Morgan fingerprint density at radius 3 is 2.54 bits per heavy atom. The average molecular weight is 347 g/mol. The van der Waals surface area contributed by atoms with E-state index < -0.39 is 5.91 Å². The number of carbonyl (C=O) groups is 1. The van der Waals surface area contributed by atoms with Crippen molar-refractivity contribution < 1.29 is 9.53 Å². The molecule has 0 radical (unpaired) electrons. The Hall–Kier alpha value is -1.89. The predicted molar refractivity (Wildman–Crippen MR) is 92.0 cm³/mol. The van der Waals surface area contributed by atoms with Gasteiger partial charge in [-0.3, -0.25) is 10.2 Å². The van der Waals surface area contributed by atoms with Gasteiger partial charge < -0.3 is 21.1 Å². The Morgan fingerprint density at radius 1 is 1.33 bits per heavy atom. The summed E-state index contributed by atoms with van der Waals surface area (Å²) in [5.74, 6) is -0.340. The standard InChI is InChI=1S/C17H19ClN4O2/c18-12(13(19)8-1-2-8)14(20)17(23)22-10-5-3-9(4-6-10)16-15-11(24-16)7-21-15/h3-6,8,11,15-16,20-21H,1-2,7,19H2,(H,22,23)/t11?,15-,16+/m1/s1. The fourth-order valence-corrected chi connectivity index (χ4v) is 3.26. The largest absolute Gasteiger partial charge is 0.401 e. The van der Waals surface area contributed by atoms with Crippen LogP contribution in [0.2, 0.25) is 0 Å². The molecule has 126 valence electrons. The van der Waals surface area contributed by atoms with Gasteiger partial charge in [-0.25, -0.2) is 0 Å². The van der Waals surface area contributed by atoms with Gasteiger partial charge in [-0.2, -0.15) is 0 Å². The number of fused-ring (bicyclic) bond motifs is 1. The summed E-state index contributed by atoms with van der Waals surface area (Å²) < 4.78 is 5.75. The number of morpholine rings is 1. The van der Waals surface area contributed by atoms with E-state index >= 15 is 0 Å². The fraction of sp³-hybridized carbons (Fsp3) is 0.412. The number of hydrogen-bond donors (Lipinski definition) is 4. The zero-order valence-corrected chi connectivity index (χ0v) is 13.8. The normalized spacial score (nSPS) is 28.8. The van der Waals surface area contributed by atoms with Gasteiger partial charge in [0.25, 0.3) is 5.91 Å². The van der Waals surface area contributed by atoms with Gasteiger partial charge in [0.1, 0.15) is 11.8 Å². The Bertz CT molecular complexity index is 727. The molecule has 0 aromatic heterocycles. The third kappa shape index (κ3) is 2.70. The molecular formula is C17H19ClN4O2. The molecule has 1 aromatic carbocycles. The maximum absolute atomic E-state index is 12.1. The summed E-state index contributed by atoms with van der Waals surface area (Å²) in [6, 6.07) is 7.87. The van der Waals surface area contributed by atoms with Crippen molar-refractivity contribution in [3.8, 4) is 0 Å². The van der Waals surface area contributed by atoms with Gasteiger partial charge in [-0.15, -0.1) is 0 Å². The van der Waals surface area contributed by atoms with Crippen LogP contribution in [0.4, 0.5) is 5.69 Å². The SMILES string of the molecule is N=C(C(=O)Nc1ccc([C@@H]2OC3CN[C@H]32)cc1)C(Cl)=C(N)C1CC1. The molecule has 3 atom stereocenters. The summed E-state index contributed by atoms with van der Waals surface area (Å²) in [7, 11) is 0. The molecule has 6 nitrogen and oxygen atoms in total. The molecule has 1 unspecified atom stereocenters. The monoisotopic (exact) mass is 346 g/mol. The molecule has 2 heterocycles. The summed E-state index contributed by atoms with van der Waals surface area (Å²) in [5.41, 5.74) is 7.70. The first-order chi connectivity index (χ1) is 11.5. The Balaban J connectivity index is 1.38. The number of ether oxygens (including phenoxy) is 1. The molecule has 3 aliphatic rings. The molecule has 0 bridgehead atoms. The zero-order chi connectivity index (χ0) is 16.8. The van der Waals surface area contributed by atoms with Gasteiger partial charge in [0, 0.05) is 23.8 Å². The maximum atomic E-state index is 12.1. The van der Waals surface area contributed by atoms with Crippen LogP contribution in [0.3, 0.4) is 0 Å². The van der Waals surface area contributed by atoms with E-state index in [1.54, 1.807) is 12.1 Å². The summed E-state index contributed by atoms with van der Waals surface area (Å²) in [5, 5.41) is 14.0. The van der Waals surface area contributed by atoms with Crippen LogP contribution in [-0.4, -0.2) is 30.3 Å². The quantitative estimate of drug-likeness (QED) is 0.611. The molecule has 7 heteroatoms. The molecule has 1 aliphatic carbocycles. The van der Waals surface area contributed by atoms with Gasteiger partial charge in [-0.1, -0.05) is 23.7 Å². The van der Waals surface area contributed by atoms with E-state index in [1.807, 2.05) is 12.1 Å². The van der Waals surface area contributed by atoms with Crippen molar-refractivity contribution in [3.63, 3.8) is 0 Å². The fourth-order valence-electron chi connectivity index (χ4n) is 3.02. The van der Waals surface area contributed by atoms with E-state index in [-0.39, 0.29) is 22.8 Å². The lowest BCUT2D eigenvalue weighted by molar-refractivity contribution is -0.203. The second kappa shape index (κ2) is 5.88. The number of carbonyl (C=O) groups excluding carboxylic acids is 1. The minimum absolute atomic E-state index is 0.0524. The number of allylic oxidation sites excluding steroid dienone is 1. The predicted octanol–water partition coefficient (Wildman–Crippen LogP) is 1.88. The Kier molecular flexibility index (Phi) is 3.83. The first-order valence-electron chi connectivity index (χ1n) is 8.09. The van der Waals surface area contributed by atoms with E-state index in [2.05, 4.69) is 10.6 Å². The van der Waals surface area contributed by atoms with Crippen LogP contribution in [0.5, 0.6) is 0 Å². The van der Waals surface area contributed by atoms with Crippen LogP contribution in [0.15, 0.2) is 35.0 Å². The molecule has 1 saturated carbocycles. The first kappa shape index (κ1) is 15.6. The Labute approximate surface area is 144 Å². The molecule has 1 aromatic rings. The molecule has 3 fully saturated rings. The van der Waals surface area contributed by atoms with Crippen molar-refractivity contribution in [2.24, 2.45) is 11.7 Å². The van der Waals surface area contributed by atoms with Gasteiger partial charge in [-0.05, 0) is 30.5 Å². The smallest absolute Gasteiger partial charge is 0.275 e. The van der Waals surface area contributed by atoms with Crippen LogP contribution >= 0.6 is 11.6 Å². The van der Waals surface area contributed by atoms with Crippen LogP contribution < -0.4 is 16.4 Å². The second-order valence-electron chi connectivity index (χ2n) is 6.52. The molecule has 1 amide bonds. The lowest BCUT2D eigenvalue weighted by Gasteiger charge is -2.53. The van der Waals surface area contributed by atoms with Crippen molar-refractivity contribution >= 4 is 28.9 Å². The molecule has 0 spiro atoms. The van der Waals surface area contributed by atoms with Crippen LogP contribution in [0, 0.1) is 11.3 Å². The highest BCUT2D eigenvalue weighted by atomic mass is 35.5. The van der Waals surface area contributed by atoms with Gasteiger partial charge in [0.15, 0.2) is 0 Å². The third-order valence-corrected chi connectivity index (χ3v) is 5.22. The third-order valence-electron chi connectivity index (χ3n) is 4.82. The van der Waals surface area contributed by atoms with Gasteiger partial charge in [0.05, 0.1) is 17.2 Å². The van der Waals surface area contributed by atoms with Crippen molar-refractivity contribution in [2.45, 2.75) is 31.1 Å². The number of benzene rings is 1. The lowest BCUT2D eigenvalue weighted by atomic mass is 9.86. The molecule has 2 aliphatic heterocycles. The highest BCUT2D eigenvalue weighted by Crippen LogP contribution is 2.40. The number of rotatable bonds is 5. The van der Waals surface area contributed by atoms with E-state index in [0.717, 1.165) is 24.9 Å². The molecule has 4 rings (SSSR count). The number of amides is 1. The van der Waals surface area contributed by atoms with Crippen LogP contribution in [-0.2, 0) is 9.53 Å². The minimum atomic E-state index is -0.558. The van der Waals surface area contributed by atoms with Crippen molar-refractivity contribution in [1.82, 2.24) is 5.32 Å². The van der Waals surface area contributed by atoms with Gasteiger partial charge in [0.2, 0.25) is 0 Å². The highest BCUT2D eigenvalue weighted by molar-refractivity contribution is 6.60. The summed E-state index contributed by atoms with van der Waals surface area (Å²) in [6.07, 6.45) is 2.37. The topological polar surface area (TPSA) is 100 Å². The second-order valence-corrected chi connectivity index (χ2v) is 6.90. The number of halogens is 1. The number of nitrogens with one attached hydrogen (secondary N) is 3. The van der Waals surface area contributed by atoms with Crippen molar-refractivity contribution in [2.75, 3.05) is 11.9 Å². The Morgan fingerprint density at radius 2 is 2.04 bits per heavy atom. The van der Waals surface area contributed by atoms with E-state index in [0.29, 0.717) is 23.5 Å². The molecular weight excluding hydrogens is 328 g/mol. The number of anilines is 1. The summed E-state index contributed by atoms with van der Waals surface area (Å²) >= 11 is 6.05. The summed E-state index contributed by atoms with van der Waals surface area (Å²) in [4.78, 5) is 12.1. The van der Waals surface area contributed by atoms with Gasteiger partial charge >= 0.3 is 0 Å². The molecule has 2 saturated heterocycles. The lowest BCUT2D eigenvalue weighted by Crippen LogP contribution is -2.69. The van der Waals surface area contributed by atoms with E-state index in [1.165, 1.54) is 0 Å². The highest BCUT2D eigenvalue weighted by Gasteiger charge is 2.49. The minimum Gasteiger partial charge on any atom is -0.401 e. The van der Waals surface area contributed by atoms with Crippen LogP contribution in [0.25, 0.3) is 0 Å². The van der Waals surface area contributed by atoms with Crippen molar-refractivity contribution in [3.05, 3.63) is 40.6 Å². The maximum Gasteiger partial charge on any atom is 0.275 e. The molecule has 5 N–H and O–H groups in total. The van der Waals surface area contributed by atoms with E-state index in [9.17, 15) is 4.79 Å². The first-order valence-corrected chi connectivity index (χ1v) is 8.46. The average Bonchev–Trinajstić information content (AvgIpc) is 3.41. The zero-order valence-electron chi connectivity index (χ0n) is 13.0.